The van der Waals surface area contributed by atoms with Gasteiger partial charge in [-0.05, 0) is 34.6 Å². The molecule has 0 heterocycles. The van der Waals surface area contributed by atoms with E-state index in [0.29, 0.717) is 5.49 Å². The van der Waals surface area contributed by atoms with Crippen LogP contribution in [0.25, 0.3) is 0 Å². The van der Waals surface area contributed by atoms with E-state index in [-0.39, 0.29) is 12.2 Å². The lowest BCUT2D eigenvalue weighted by Gasteiger charge is -2.22. The summed E-state index contributed by atoms with van der Waals surface area (Å²) < 4.78 is 23.1. The van der Waals surface area contributed by atoms with Crippen molar-refractivity contribution in [3.05, 3.63) is 12.2 Å². The van der Waals surface area contributed by atoms with E-state index in [9.17, 15) is 4.57 Å². The fraction of sp³-hybridized carbons (Fsp3) is 0.818. The molecule has 0 fully saturated rings. The van der Waals surface area contributed by atoms with Gasteiger partial charge in [0.1, 0.15) is 0 Å². The van der Waals surface area contributed by atoms with Crippen molar-refractivity contribution < 1.29 is 13.6 Å². The van der Waals surface area contributed by atoms with E-state index in [2.05, 4.69) is 0 Å². The van der Waals surface area contributed by atoms with Crippen molar-refractivity contribution in [2.75, 3.05) is 11.2 Å². The van der Waals surface area contributed by atoms with Crippen LogP contribution in [-0.4, -0.2) is 23.5 Å². The van der Waals surface area contributed by atoms with Gasteiger partial charge in [0.25, 0.3) is 0 Å². The van der Waals surface area contributed by atoms with Crippen LogP contribution in [0.5, 0.6) is 0 Å². The third kappa shape index (κ3) is 8.40. The van der Waals surface area contributed by atoms with Gasteiger partial charge in [0.15, 0.2) is 0 Å². The molecule has 0 radical (unpaired) electrons. The highest BCUT2D eigenvalue weighted by molar-refractivity contribution is 8.04. The van der Waals surface area contributed by atoms with Gasteiger partial charge in [0.05, 0.1) is 17.7 Å². The van der Waals surface area contributed by atoms with Gasteiger partial charge < -0.3 is 9.05 Å². The molecule has 0 saturated heterocycles. The topological polar surface area (TPSA) is 35.5 Å². The van der Waals surface area contributed by atoms with Crippen molar-refractivity contribution in [1.82, 2.24) is 0 Å². The number of rotatable bonds is 8. The minimum atomic E-state index is -2.94. The Hall–Kier alpha value is 0.240. The summed E-state index contributed by atoms with van der Waals surface area (Å²) in [6, 6.07) is 0. The van der Waals surface area contributed by atoms with E-state index in [1.165, 1.54) is 0 Å². The van der Waals surface area contributed by atoms with E-state index in [0.717, 1.165) is 5.75 Å². The van der Waals surface area contributed by atoms with Crippen LogP contribution >= 0.6 is 19.4 Å². The third-order valence-electron chi connectivity index (χ3n) is 1.44. The molecule has 5 heteroatoms. The van der Waals surface area contributed by atoms with Crippen LogP contribution in [0.3, 0.4) is 0 Å². The van der Waals surface area contributed by atoms with Gasteiger partial charge >= 0.3 is 7.60 Å². The molecule has 0 N–H and O–H groups in total. The third-order valence-corrected chi connectivity index (χ3v) is 5.35. The number of allylic oxidation sites excluding steroid dienone is 1. The van der Waals surface area contributed by atoms with Crippen molar-refractivity contribution in [1.29, 1.82) is 0 Å². The molecule has 0 aliphatic rings. The van der Waals surface area contributed by atoms with Gasteiger partial charge in [0.2, 0.25) is 0 Å². The first-order valence-corrected chi connectivity index (χ1v) is 8.42. The molecule has 0 rings (SSSR count). The highest BCUT2D eigenvalue weighted by Gasteiger charge is 2.27. The Labute approximate surface area is 104 Å². The quantitative estimate of drug-likeness (QED) is 0.373. The van der Waals surface area contributed by atoms with Crippen molar-refractivity contribution in [3.63, 3.8) is 0 Å². The molecule has 0 unspecified atom stereocenters. The fourth-order valence-electron chi connectivity index (χ4n) is 1.06. The Morgan fingerprint density at radius 3 is 2.06 bits per heavy atom. The highest BCUT2D eigenvalue weighted by Crippen LogP contribution is 2.52. The van der Waals surface area contributed by atoms with Crippen LogP contribution in [0, 0.1) is 0 Å². The van der Waals surface area contributed by atoms with Gasteiger partial charge in [-0.15, -0.1) is 11.8 Å². The van der Waals surface area contributed by atoms with Crippen LogP contribution in [-0.2, 0) is 13.6 Å². The number of hydrogen-bond donors (Lipinski definition) is 0. The smallest absolute Gasteiger partial charge is 0.305 e. The summed E-state index contributed by atoms with van der Waals surface area (Å²) in [6.45, 7) is 9.44. The van der Waals surface area contributed by atoms with Gasteiger partial charge in [-0.3, -0.25) is 4.57 Å². The first-order valence-electron chi connectivity index (χ1n) is 5.54. The van der Waals surface area contributed by atoms with Crippen LogP contribution in [0.1, 0.15) is 34.6 Å². The molecule has 0 aliphatic heterocycles. The van der Waals surface area contributed by atoms with Crippen LogP contribution in [0.4, 0.5) is 0 Å². The average molecular weight is 266 g/mol. The minimum Gasteiger partial charge on any atom is -0.305 e. The lowest BCUT2D eigenvalue weighted by molar-refractivity contribution is 0.145. The van der Waals surface area contributed by atoms with E-state index < -0.39 is 7.60 Å². The molecular weight excluding hydrogens is 243 g/mol. The largest absolute Gasteiger partial charge is 0.340 e. The zero-order chi connectivity index (χ0) is 12.6. The highest BCUT2D eigenvalue weighted by atomic mass is 32.2. The SMILES string of the molecule is C/C=C/CSCP(=O)(OC(C)C)OC(C)C. The maximum Gasteiger partial charge on any atom is 0.340 e. The Morgan fingerprint density at radius 2 is 1.69 bits per heavy atom. The fourth-order valence-corrected chi connectivity index (χ4v) is 4.52. The zero-order valence-corrected chi connectivity index (χ0v) is 12.5. The van der Waals surface area contributed by atoms with Crippen LogP contribution < -0.4 is 0 Å². The summed E-state index contributed by atoms with van der Waals surface area (Å²) in [5.74, 6) is 0.837. The molecule has 96 valence electrons. The van der Waals surface area contributed by atoms with E-state index in [1.807, 2.05) is 46.8 Å². The first kappa shape index (κ1) is 16.2. The summed E-state index contributed by atoms with van der Waals surface area (Å²) in [4.78, 5) is 0. The molecule has 0 aromatic rings. The molecule has 0 atom stereocenters. The van der Waals surface area contributed by atoms with E-state index in [4.69, 9.17) is 9.05 Å². The summed E-state index contributed by atoms with van der Waals surface area (Å²) in [5, 5.41) is 0. The van der Waals surface area contributed by atoms with Crippen molar-refractivity contribution in [2.24, 2.45) is 0 Å². The Balaban J connectivity index is 4.24. The van der Waals surface area contributed by atoms with Gasteiger partial charge in [0, 0.05) is 5.75 Å². The molecule has 0 aromatic carbocycles. The monoisotopic (exact) mass is 266 g/mol. The normalized spacial score (nSPS) is 13.2. The molecule has 0 aromatic heterocycles. The summed E-state index contributed by atoms with van der Waals surface area (Å²) >= 11 is 1.57. The second-order valence-corrected chi connectivity index (χ2v) is 7.41. The molecule has 0 amide bonds. The zero-order valence-electron chi connectivity index (χ0n) is 10.8. The predicted octanol–water partition coefficient (Wildman–Crippen LogP) is 4.30. The average Bonchev–Trinajstić information content (AvgIpc) is 2.09. The van der Waals surface area contributed by atoms with E-state index >= 15 is 0 Å². The van der Waals surface area contributed by atoms with Crippen LogP contribution in [0.2, 0.25) is 0 Å². The standard InChI is InChI=1S/C11H23O3PS/c1-6-7-8-16-9-15(12,13-10(2)3)14-11(4)5/h6-7,10-11H,8-9H2,1-5H3/b7-6+. The second kappa shape index (κ2) is 8.35. The Kier molecular flexibility index (Phi) is 8.47. The number of hydrogen-bond acceptors (Lipinski definition) is 4. The van der Waals surface area contributed by atoms with Crippen LogP contribution in [0.15, 0.2) is 12.2 Å². The lowest BCUT2D eigenvalue weighted by atomic mass is 10.5. The maximum absolute atomic E-state index is 12.3. The van der Waals surface area contributed by atoms with Crippen molar-refractivity contribution in [2.45, 2.75) is 46.8 Å². The summed E-state index contributed by atoms with van der Waals surface area (Å²) in [6.07, 6.45) is 3.85. The summed E-state index contributed by atoms with van der Waals surface area (Å²) in [5.41, 5.74) is 0.410. The maximum atomic E-state index is 12.3. The van der Waals surface area contributed by atoms with Gasteiger partial charge in [-0.25, -0.2) is 0 Å². The molecule has 3 nitrogen and oxygen atoms in total. The molecule has 0 bridgehead atoms. The molecule has 16 heavy (non-hydrogen) atoms. The summed E-state index contributed by atoms with van der Waals surface area (Å²) in [7, 11) is -2.94. The predicted molar refractivity (Wildman–Crippen MR) is 72.2 cm³/mol. The van der Waals surface area contributed by atoms with E-state index in [1.54, 1.807) is 11.8 Å². The number of thioether (sulfide) groups is 1. The Morgan fingerprint density at radius 1 is 1.19 bits per heavy atom. The molecule has 0 aliphatic carbocycles. The van der Waals surface area contributed by atoms with Crippen molar-refractivity contribution in [3.8, 4) is 0 Å². The first-order chi connectivity index (χ1) is 7.39. The van der Waals surface area contributed by atoms with Gasteiger partial charge in [-0.1, -0.05) is 12.2 Å². The molecule has 0 spiro atoms. The van der Waals surface area contributed by atoms with Gasteiger partial charge in [-0.2, -0.15) is 0 Å². The second-order valence-electron chi connectivity index (χ2n) is 3.99. The minimum absolute atomic E-state index is 0.0769. The lowest BCUT2D eigenvalue weighted by Crippen LogP contribution is -2.09. The molecule has 0 saturated carbocycles. The molecular formula is C11H23O3PS. The van der Waals surface area contributed by atoms with Crippen molar-refractivity contribution >= 4 is 19.4 Å². The Bertz CT molecular complexity index is 238.